The minimum Gasteiger partial charge on any atom is -0.478 e. The summed E-state index contributed by atoms with van der Waals surface area (Å²) in [5, 5.41) is 8.66. The molecule has 4 N–H and O–H groups in total. The molecule has 0 aliphatic heterocycles. The lowest BCUT2D eigenvalue weighted by Crippen LogP contribution is -2.07. The summed E-state index contributed by atoms with van der Waals surface area (Å²) in [7, 11) is -4.46. The Labute approximate surface area is 86.1 Å². The van der Waals surface area contributed by atoms with Crippen molar-refractivity contribution in [3.05, 3.63) is 23.3 Å². The molecule has 0 fully saturated rings. The molecule has 1 aromatic rings. The van der Waals surface area contributed by atoms with Gasteiger partial charge in [-0.05, 0) is 24.6 Å². The minimum absolute atomic E-state index is 0.00234. The summed E-state index contributed by atoms with van der Waals surface area (Å²) in [5.41, 5.74) is 5.26. The Morgan fingerprint density at radius 3 is 2.33 bits per heavy atom. The van der Waals surface area contributed by atoms with Gasteiger partial charge in [-0.3, -0.25) is 4.55 Å². The van der Waals surface area contributed by atoms with Crippen molar-refractivity contribution < 1.29 is 22.9 Å². The second kappa shape index (κ2) is 3.52. The Morgan fingerprint density at radius 1 is 1.40 bits per heavy atom. The van der Waals surface area contributed by atoms with Crippen LogP contribution >= 0.6 is 0 Å². The summed E-state index contributed by atoms with van der Waals surface area (Å²) in [6.07, 6.45) is 0. The van der Waals surface area contributed by atoms with E-state index in [1.165, 1.54) is 6.92 Å². The predicted molar refractivity (Wildman–Crippen MR) is 52.4 cm³/mol. The van der Waals surface area contributed by atoms with E-state index in [1.807, 2.05) is 0 Å². The molecule has 0 spiro atoms. The fourth-order valence-corrected chi connectivity index (χ4v) is 1.88. The first-order chi connectivity index (χ1) is 6.73. The lowest BCUT2D eigenvalue weighted by molar-refractivity contribution is 0.0696. The average Bonchev–Trinajstić information content (AvgIpc) is 2.06. The van der Waals surface area contributed by atoms with Crippen LogP contribution in [0.1, 0.15) is 15.9 Å². The van der Waals surface area contributed by atoms with Crippen LogP contribution in [-0.2, 0) is 10.1 Å². The Morgan fingerprint density at radius 2 is 1.93 bits per heavy atom. The molecule has 7 heteroatoms. The van der Waals surface area contributed by atoms with E-state index in [9.17, 15) is 13.2 Å². The lowest BCUT2D eigenvalue weighted by Gasteiger charge is -2.07. The van der Waals surface area contributed by atoms with E-state index in [4.69, 9.17) is 15.4 Å². The number of carbonyl (C=O) groups is 1. The zero-order valence-electron chi connectivity index (χ0n) is 7.76. The molecule has 0 heterocycles. The number of nitrogen functional groups attached to an aromatic ring is 1. The van der Waals surface area contributed by atoms with Crippen molar-refractivity contribution in [1.29, 1.82) is 0 Å². The van der Waals surface area contributed by atoms with Crippen LogP contribution in [0.3, 0.4) is 0 Å². The van der Waals surface area contributed by atoms with Crippen molar-refractivity contribution in [1.82, 2.24) is 0 Å². The van der Waals surface area contributed by atoms with Crippen LogP contribution in [0, 0.1) is 6.92 Å². The largest absolute Gasteiger partial charge is 0.478 e. The first-order valence-corrected chi connectivity index (χ1v) is 5.28. The molecule has 0 unspecified atom stereocenters. The highest BCUT2D eigenvalue weighted by Crippen LogP contribution is 2.23. The summed E-state index contributed by atoms with van der Waals surface area (Å²) in [6.45, 7) is 1.38. The van der Waals surface area contributed by atoms with Crippen LogP contribution < -0.4 is 5.73 Å². The molecule has 0 aromatic heterocycles. The average molecular weight is 231 g/mol. The molecule has 0 radical (unpaired) electrons. The smallest absolute Gasteiger partial charge is 0.335 e. The monoisotopic (exact) mass is 231 g/mol. The van der Waals surface area contributed by atoms with Crippen molar-refractivity contribution in [2.75, 3.05) is 5.73 Å². The van der Waals surface area contributed by atoms with Gasteiger partial charge in [-0.1, -0.05) is 0 Å². The van der Waals surface area contributed by atoms with Gasteiger partial charge < -0.3 is 10.8 Å². The highest BCUT2D eigenvalue weighted by atomic mass is 32.2. The van der Waals surface area contributed by atoms with Crippen LogP contribution in [0.15, 0.2) is 17.0 Å². The molecule has 0 aliphatic carbocycles. The predicted octanol–water partition coefficient (Wildman–Crippen LogP) is 0.522. The third-order valence-electron chi connectivity index (χ3n) is 1.93. The second-order valence-corrected chi connectivity index (χ2v) is 4.36. The van der Waals surface area contributed by atoms with Gasteiger partial charge in [-0.2, -0.15) is 8.42 Å². The first-order valence-electron chi connectivity index (χ1n) is 3.84. The molecule has 1 aromatic carbocycles. The Balaban J connectivity index is 3.59. The topological polar surface area (TPSA) is 118 Å². The Bertz CT molecular complexity index is 520. The summed E-state index contributed by atoms with van der Waals surface area (Å²) in [5.74, 6) is -1.31. The molecule has 15 heavy (non-hydrogen) atoms. The molecule has 0 saturated heterocycles. The van der Waals surface area contributed by atoms with E-state index < -0.39 is 21.0 Å². The normalized spacial score (nSPS) is 11.3. The van der Waals surface area contributed by atoms with Crippen LogP contribution in [0.25, 0.3) is 0 Å². The number of anilines is 1. The molecular formula is C8H9NO5S. The van der Waals surface area contributed by atoms with Gasteiger partial charge in [0.05, 0.1) is 10.5 Å². The number of benzene rings is 1. The highest BCUT2D eigenvalue weighted by molar-refractivity contribution is 7.85. The van der Waals surface area contributed by atoms with Crippen molar-refractivity contribution in [3.63, 3.8) is 0 Å². The van der Waals surface area contributed by atoms with Gasteiger partial charge in [0.25, 0.3) is 10.1 Å². The van der Waals surface area contributed by atoms with Crippen molar-refractivity contribution in [2.24, 2.45) is 0 Å². The molecule has 0 amide bonds. The van der Waals surface area contributed by atoms with Gasteiger partial charge in [0.2, 0.25) is 0 Å². The third kappa shape index (κ3) is 2.25. The summed E-state index contributed by atoms with van der Waals surface area (Å²) < 4.78 is 30.6. The summed E-state index contributed by atoms with van der Waals surface area (Å²) >= 11 is 0. The van der Waals surface area contributed by atoms with Crippen LogP contribution in [0.4, 0.5) is 5.69 Å². The van der Waals surface area contributed by atoms with E-state index in [1.54, 1.807) is 0 Å². The molecule has 0 atom stereocenters. The van der Waals surface area contributed by atoms with E-state index in [2.05, 4.69) is 0 Å². The van der Waals surface area contributed by atoms with Gasteiger partial charge in [0.15, 0.2) is 0 Å². The number of rotatable bonds is 2. The minimum atomic E-state index is -4.46. The maximum atomic E-state index is 10.9. The molecular weight excluding hydrogens is 222 g/mol. The van der Waals surface area contributed by atoms with Gasteiger partial charge in [-0.15, -0.1) is 0 Å². The van der Waals surface area contributed by atoms with Crippen molar-refractivity contribution >= 4 is 21.8 Å². The fourth-order valence-electron chi connectivity index (χ4n) is 1.10. The van der Waals surface area contributed by atoms with E-state index in [0.717, 1.165) is 12.1 Å². The number of aromatic carboxylic acids is 1. The molecule has 0 saturated carbocycles. The zero-order chi connectivity index (χ0) is 11.8. The zero-order valence-corrected chi connectivity index (χ0v) is 8.58. The molecule has 1 rings (SSSR count). The van der Waals surface area contributed by atoms with Crippen LogP contribution in [0.2, 0.25) is 0 Å². The molecule has 6 nitrogen and oxygen atoms in total. The quantitative estimate of drug-likeness (QED) is 0.504. The van der Waals surface area contributed by atoms with Gasteiger partial charge >= 0.3 is 5.97 Å². The third-order valence-corrected chi connectivity index (χ3v) is 2.90. The standard InChI is InChI=1S/C8H9NO5S/c1-4-6(9)2-5(8(10)11)3-7(4)15(12,13)14/h2-3H,9H2,1H3,(H,10,11)(H,12,13,14). The molecule has 0 bridgehead atoms. The Hall–Kier alpha value is -1.60. The molecule has 82 valence electrons. The summed E-state index contributed by atoms with van der Waals surface area (Å²) in [4.78, 5) is 10.1. The van der Waals surface area contributed by atoms with Gasteiger partial charge in [0.1, 0.15) is 0 Å². The van der Waals surface area contributed by atoms with E-state index >= 15 is 0 Å². The Kier molecular flexibility index (Phi) is 2.69. The van der Waals surface area contributed by atoms with Gasteiger partial charge in [-0.25, -0.2) is 4.79 Å². The maximum Gasteiger partial charge on any atom is 0.335 e. The highest BCUT2D eigenvalue weighted by Gasteiger charge is 2.18. The van der Waals surface area contributed by atoms with Crippen LogP contribution in [0.5, 0.6) is 0 Å². The molecule has 0 aliphatic rings. The van der Waals surface area contributed by atoms with Crippen molar-refractivity contribution in [3.8, 4) is 0 Å². The SMILES string of the molecule is Cc1c(N)cc(C(=O)O)cc1S(=O)(=O)O. The number of nitrogens with two attached hydrogens (primary N) is 1. The van der Waals surface area contributed by atoms with E-state index in [-0.39, 0.29) is 16.8 Å². The van der Waals surface area contributed by atoms with Gasteiger partial charge in [0, 0.05) is 5.69 Å². The van der Waals surface area contributed by atoms with Crippen LogP contribution in [-0.4, -0.2) is 24.0 Å². The number of carboxylic acids is 1. The number of hydrogen-bond acceptors (Lipinski definition) is 4. The maximum absolute atomic E-state index is 10.9. The second-order valence-electron chi connectivity index (χ2n) is 2.97. The number of carboxylic acid groups (broad SMARTS) is 1. The summed E-state index contributed by atoms with van der Waals surface area (Å²) in [6, 6.07) is 2.00. The fraction of sp³-hybridized carbons (Fsp3) is 0.125. The van der Waals surface area contributed by atoms with E-state index in [0.29, 0.717) is 0 Å². The first kappa shape index (κ1) is 11.5. The number of hydrogen-bond donors (Lipinski definition) is 3. The van der Waals surface area contributed by atoms with Crippen molar-refractivity contribution in [2.45, 2.75) is 11.8 Å². The lowest BCUT2D eigenvalue weighted by atomic mass is 10.1.